The number of anilines is 1. The van der Waals surface area contributed by atoms with Crippen LogP contribution in [0.1, 0.15) is 0 Å². The Balaban J connectivity index is -0.00000120. The summed E-state index contributed by atoms with van der Waals surface area (Å²) >= 11 is 0. The van der Waals surface area contributed by atoms with Crippen molar-refractivity contribution in [3.05, 3.63) is 12.1 Å². The Labute approximate surface area is 193 Å². The van der Waals surface area contributed by atoms with Gasteiger partial charge in [0.05, 0.1) is 20.4 Å². The van der Waals surface area contributed by atoms with Crippen molar-refractivity contribution in [2.45, 2.75) is 14.7 Å². The Morgan fingerprint density at radius 1 is 0.682 bits per heavy atom. The van der Waals surface area contributed by atoms with E-state index in [0.717, 1.165) is 0 Å². The summed E-state index contributed by atoms with van der Waals surface area (Å²) in [6, 6.07) is 0.547. The number of nitrogen functional groups attached to an aromatic ring is 1. The van der Waals surface area contributed by atoms with Crippen molar-refractivity contribution in [1.29, 1.82) is 0 Å². The first-order chi connectivity index (χ1) is 8.26. The Bertz CT molecular complexity index is 847. The molecule has 2 N–H and O–H groups in total. The molecule has 22 heavy (non-hydrogen) atoms. The van der Waals surface area contributed by atoms with Gasteiger partial charge in [-0.25, -0.2) is 25.3 Å². The van der Waals surface area contributed by atoms with Crippen molar-refractivity contribution >= 4 is 36.0 Å². The third-order valence-electron chi connectivity index (χ3n) is 1.91. The Kier molecular flexibility index (Phi) is 12.3. The molecule has 0 radical (unpaired) electrons. The number of hydrogen-bond acceptors (Lipinski definition) is 10. The summed E-state index contributed by atoms with van der Waals surface area (Å²) in [6.07, 6.45) is 0. The second kappa shape index (κ2) is 9.45. The maximum atomic E-state index is 10.9. The summed E-state index contributed by atoms with van der Waals surface area (Å²) in [4.78, 5) is -4.58. The molecule has 0 spiro atoms. The van der Waals surface area contributed by atoms with Crippen LogP contribution >= 0.6 is 0 Å². The van der Waals surface area contributed by atoms with Crippen molar-refractivity contribution in [3.8, 4) is 0 Å². The smallest absolute Gasteiger partial charge is 0.744 e. The molecule has 16 heteroatoms. The van der Waals surface area contributed by atoms with Crippen LogP contribution in [0.3, 0.4) is 0 Å². The molecule has 0 atom stereocenters. The molecule has 0 aromatic heterocycles. The zero-order chi connectivity index (χ0) is 15.2. The Hall–Kier alpha value is 1.75. The molecule has 0 aliphatic rings. The van der Waals surface area contributed by atoms with Crippen LogP contribution in [0.25, 0.3) is 0 Å². The molecule has 108 valence electrons. The second-order valence-electron chi connectivity index (χ2n) is 3.17. The number of benzene rings is 1. The minimum atomic E-state index is -5.59. The van der Waals surface area contributed by atoms with E-state index in [1.54, 1.807) is 0 Å². The topological polar surface area (TPSA) is 198 Å². The molecule has 0 fully saturated rings. The van der Waals surface area contributed by atoms with Crippen LogP contribution in [0.4, 0.5) is 5.69 Å². The van der Waals surface area contributed by atoms with Gasteiger partial charge in [0.2, 0.25) is 0 Å². The molecule has 0 saturated heterocycles. The van der Waals surface area contributed by atoms with Gasteiger partial charge in [0.25, 0.3) is 0 Å². The fourth-order valence-corrected chi connectivity index (χ4v) is 3.78. The minimum absolute atomic E-state index is 0. The van der Waals surface area contributed by atoms with Gasteiger partial charge in [-0.1, -0.05) is 0 Å². The SMILES string of the molecule is Nc1c(S(=O)(=O)[O-])ccc(S(=O)(=O)[O-])c1S(=O)(=O)[O-].[Na+].[Na+].[Na+]. The van der Waals surface area contributed by atoms with Crippen LogP contribution in [0.5, 0.6) is 0 Å². The van der Waals surface area contributed by atoms with E-state index in [1.165, 1.54) is 0 Å². The first-order valence-corrected chi connectivity index (χ1v) is 8.29. The largest absolute Gasteiger partial charge is 1.00 e. The predicted molar refractivity (Wildman–Crippen MR) is 54.7 cm³/mol. The molecule has 0 unspecified atom stereocenters. The predicted octanol–water partition coefficient (Wildman–Crippen LogP) is -11.0. The summed E-state index contributed by atoms with van der Waals surface area (Å²) in [6.45, 7) is 0. The normalized spacial score (nSPS) is 11.6. The third kappa shape index (κ3) is 6.93. The van der Waals surface area contributed by atoms with Gasteiger partial charge < -0.3 is 19.4 Å². The van der Waals surface area contributed by atoms with Crippen LogP contribution in [0.2, 0.25) is 0 Å². The van der Waals surface area contributed by atoms with Crippen molar-refractivity contribution < 1.29 is 128 Å². The molecule has 0 aliphatic carbocycles. The molecule has 0 heterocycles. The average Bonchev–Trinajstić information content (AvgIpc) is 2.11. The second-order valence-corrected chi connectivity index (χ2v) is 7.18. The summed E-state index contributed by atoms with van der Waals surface area (Å²) in [5.41, 5.74) is 3.59. The van der Waals surface area contributed by atoms with E-state index in [-0.39, 0.29) is 94.7 Å². The van der Waals surface area contributed by atoms with Gasteiger partial charge in [-0.05, 0) is 12.1 Å². The van der Waals surface area contributed by atoms with Crippen molar-refractivity contribution in [2.75, 3.05) is 5.73 Å². The fourth-order valence-electron chi connectivity index (χ4n) is 1.23. The molecule has 0 bridgehead atoms. The zero-order valence-electron chi connectivity index (χ0n) is 11.6. The van der Waals surface area contributed by atoms with E-state index in [4.69, 9.17) is 5.73 Å². The van der Waals surface area contributed by atoms with E-state index >= 15 is 0 Å². The van der Waals surface area contributed by atoms with Gasteiger partial charge in [-0.15, -0.1) is 0 Å². The first kappa shape index (κ1) is 28.5. The van der Waals surface area contributed by atoms with Crippen molar-refractivity contribution in [1.82, 2.24) is 0 Å². The molecule has 0 aliphatic heterocycles. The van der Waals surface area contributed by atoms with Gasteiger partial charge in [0.15, 0.2) is 0 Å². The van der Waals surface area contributed by atoms with Crippen LogP contribution in [0.15, 0.2) is 26.8 Å². The van der Waals surface area contributed by atoms with Crippen LogP contribution in [-0.2, 0) is 30.4 Å². The molecular formula is C6H4NNa3O9S3. The zero-order valence-corrected chi connectivity index (χ0v) is 20.1. The van der Waals surface area contributed by atoms with Gasteiger partial charge in [0, 0.05) is 0 Å². The van der Waals surface area contributed by atoms with Crippen molar-refractivity contribution in [3.63, 3.8) is 0 Å². The number of nitrogens with two attached hydrogens (primary N) is 1. The van der Waals surface area contributed by atoms with E-state index < -0.39 is 50.7 Å². The maximum absolute atomic E-state index is 10.9. The van der Waals surface area contributed by atoms with E-state index in [2.05, 4.69) is 0 Å². The molecule has 1 aromatic carbocycles. The monoisotopic (exact) mass is 399 g/mol. The van der Waals surface area contributed by atoms with Crippen LogP contribution in [0, 0.1) is 0 Å². The van der Waals surface area contributed by atoms with Gasteiger partial charge in [-0.3, -0.25) is 0 Å². The Morgan fingerprint density at radius 3 is 1.27 bits per heavy atom. The fraction of sp³-hybridized carbons (Fsp3) is 0. The average molecular weight is 399 g/mol. The van der Waals surface area contributed by atoms with E-state index in [9.17, 15) is 38.9 Å². The van der Waals surface area contributed by atoms with Crippen LogP contribution < -0.4 is 94.4 Å². The van der Waals surface area contributed by atoms with E-state index in [0.29, 0.717) is 6.07 Å². The Morgan fingerprint density at radius 2 is 1.00 bits per heavy atom. The van der Waals surface area contributed by atoms with Gasteiger partial charge >= 0.3 is 88.7 Å². The standard InChI is InChI=1S/C6H7NO9S3.3Na/c7-5-3(17(8,9)10)1-2-4(18(11,12)13)6(5)19(14,15)16;;;/h1-2H,7H2,(H,8,9,10)(H,11,12,13)(H,14,15,16);;;/q;3*+1/p-3. The first-order valence-electron chi connectivity index (χ1n) is 4.06. The molecule has 1 rings (SSSR count). The molecule has 10 nitrogen and oxygen atoms in total. The molecule has 0 saturated carbocycles. The van der Waals surface area contributed by atoms with Crippen LogP contribution in [-0.4, -0.2) is 38.9 Å². The minimum Gasteiger partial charge on any atom is -0.744 e. The molecule has 0 amide bonds. The molecular weight excluding hydrogens is 395 g/mol. The maximum Gasteiger partial charge on any atom is 1.00 e. The van der Waals surface area contributed by atoms with Crippen molar-refractivity contribution in [2.24, 2.45) is 0 Å². The van der Waals surface area contributed by atoms with Gasteiger partial charge in [-0.2, -0.15) is 0 Å². The quantitative estimate of drug-likeness (QED) is 0.289. The van der Waals surface area contributed by atoms with E-state index in [1.807, 2.05) is 0 Å². The third-order valence-corrected chi connectivity index (χ3v) is 4.75. The molecule has 1 aromatic rings. The number of rotatable bonds is 3. The summed E-state index contributed by atoms with van der Waals surface area (Å²) < 4.78 is 97.1. The summed E-state index contributed by atoms with van der Waals surface area (Å²) in [5.74, 6) is 0. The van der Waals surface area contributed by atoms with Gasteiger partial charge in [0.1, 0.15) is 30.4 Å². The summed E-state index contributed by atoms with van der Waals surface area (Å²) in [7, 11) is -16.2. The summed E-state index contributed by atoms with van der Waals surface area (Å²) in [5, 5.41) is 0. The number of hydrogen-bond donors (Lipinski definition) is 1.